The second-order valence-electron chi connectivity index (χ2n) is 7.13. The third-order valence-electron chi connectivity index (χ3n) is 4.60. The van der Waals surface area contributed by atoms with Crippen molar-refractivity contribution in [3.05, 3.63) is 77.4 Å². The SMILES string of the molecule is CC(C)c1c(C(=O)NC(C)c2cccc(OC(F)F)c2)cnn1-c1ccc(F)cc1. The van der Waals surface area contributed by atoms with Crippen LogP contribution in [0.3, 0.4) is 0 Å². The number of halogens is 3. The minimum atomic E-state index is -2.92. The highest BCUT2D eigenvalue weighted by atomic mass is 19.3. The molecule has 8 heteroatoms. The van der Waals surface area contributed by atoms with Crippen LogP contribution in [-0.2, 0) is 0 Å². The first-order chi connectivity index (χ1) is 14.3. The number of amides is 1. The van der Waals surface area contributed by atoms with Crippen LogP contribution in [0.15, 0.2) is 54.7 Å². The fourth-order valence-corrected chi connectivity index (χ4v) is 3.19. The highest BCUT2D eigenvalue weighted by Crippen LogP contribution is 2.25. The van der Waals surface area contributed by atoms with Crippen molar-refractivity contribution in [3.8, 4) is 11.4 Å². The Morgan fingerprint density at radius 2 is 1.80 bits per heavy atom. The van der Waals surface area contributed by atoms with Crippen LogP contribution >= 0.6 is 0 Å². The van der Waals surface area contributed by atoms with Gasteiger partial charge in [-0.05, 0) is 54.8 Å². The van der Waals surface area contributed by atoms with Gasteiger partial charge in [0.25, 0.3) is 5.91 Å². The van der Waals surface area contributed by atoms with Gasteiger partial charge >= 0.3 is 6.61 Å². The molecule has 0 fully saturated rings. The lowest BCUT2D eigenvalue weighted by atomic mass is 10.0. The van der Waals surface area contributed by atoms with Crippen molar-refractivity contribution in [2.24, 2.45) is 0 Å². The number of nitrogens with zero attached hydrogens (tertiary/aromatic N) is 2. The molecule has 2 aromatic carbocycles. The molecule has 1 heterocycles. The van der Waals surface area contributed by atoms with Crippen molar-refractivity contribution in [3.63, 3.8) is 0 Å². The van der Waals surface area contributed by atoms with Crippen molar-refractivity contribution in [2.45, 2.75) is 39.3 Å². The standard InChI is InChI=1S/C22H22F3N3O2/c1-13(2)20-19(12-26-28(20)17-9-7-16(23)8-10-17)21(29)27-14(3)15-5-4-6-18(11-15)30-22(24)25/h4-14,22H,1-3H3,(H,27,29). The molecule has 1 aromatic heterocycles. The number of carbonyl (C=O) groups excluding carboxylic acids is 1. The smallest absolute Gasteiger partial charge is 0.387 e. The summed E-state index contributed by atoms with van der Waals surface area (Å²) >= 11 is 0. The molecule has 0 saturated carbocycles. The maximum absolute atomic E-state index is 13.3. The summed E-state index contributed by atoms with van der Waals surface area (Å²) in [5.41, 5.74) is 2.34. The van der Waals surface area contributed by atoms with E-state index in [1.54, 1.807) is 35.9 Å². The van der Waals surface area contributed by atoms with Crippen LogP contribution in [0.1, 0.15) is 54.3 Å². The van der Waals surface area contributed by atoms with Crippen molar-refractivity contribution in [2.75, 3.05) is 0 Å². The summed E-state index contributed by atoms with van der Waals surface area (Å²) < 4.78 is 44.2. The van der Waals surface area contributed by atoms with Gasteiger partial charge in [0.05, 0.1) is 29.2 Å². The lowest BCUT2D eigenvalue weighted by Gasteiger charge is -2.17. The molecule has 158 valence electrons. The van der Waals surface area contributed by atoms with Crippen LogP contribution < -0.4 is 10.1 Å². The first-order valence-corrected chi connectivity index (χ1v) is 9.45. The maximum Gasteiger partial charge on any atom is 0.387 e. The number of nitrogens with one attached hydrogen (secondary N) is 1. The van der Waals surface area contributed by atoms with Gasteiger partial charge in [0, 0.05) is 0 Å². The molecule has 3 rings (SSSR count). The Labute approximate surface area is 172 Å². The van der Waals surface area contributed by atoms with E-state index in [0.29, 0.717) is 22.5 Å². The fraction of sp³-hybridized carbons (Fsp3) is 0.273. The largest absolute Gasteiger partial charge is 0.435 e. The highest BCUT2D eigenvalue weighted by Gasteiger charge is 2.22. The molecule has 1 atom stereocenters. The van der Waals surface area contributed by atoms with E-state index in [2.05, 4.69) is 15.2 Å². The summed E-state index contributed by atoms with van der Waals surface area (Å²) in [5, 5.41) is 7.18. The summed E-state index contributed by atoms with van der Waals surface area (Å²) in [5.74, 6) is -0.714. The molecular formula is C22H22F3N3O2. The first kappa shape index (κ1) is 21.4. The molecule has 0 bridgehead atoms. The van der Waals surface area contributed by atoms with Gasteiger partial charge in [0.15, 0.2) is 0 Å². The third kappa shape index (κ3) is 4.82. The molecule has 0 aliphatic rings. The van der Waals surface area contributed by atoms with Crippen LogP contribution in [0.4, 0.5) is 13.2 Å². The monoisotopic (exact) mass is 417 g/mol. The zero-order valence-electron chi connectivity index (χ0n) is 16.8. The lowest BCUT2D eigenvalue weighted by molar-refractivity contribution is -0.0499. The van der Waals surface area contributed by atoms with E-state index >= 15 is 0 Å². The lowest BCUT2D eigenvalue weighted by Crippen LogP contribution is -2.27. The second kappa shape index (κ2) is 9.02. The number of hydrogen-bond acceptors (Lipinski definition) is 3. The number of aromatic nitrogens is 2. The molecule has 0 radical (unpaired) electrons. The molecule has 0 aliphatic carbocycles. The summed E-state index contributed by atoms with van der Waals surface area (Å²) in [6.07, 6.45) is 1.47. The average molecular weight is 417 g/mol. The minimum absolute atomic E-state index is 0.0237. The second-order valence-corrected chi connectivity index (χ2v) is 7.13. The number of ether oxygens (including phenoxy) is 1. The highest BCUT2D eigenvalue weighted by molar-refractivity contribution is 5.95. The Hall–Kier alpha value is -3.29. The van der Waals surface area contributed by atoms with Crippen molar-refractivity contribution in [1.29, 1.82) is 0 Å². The molecule has 30 heavy (non-hydrogen) atoms. The maximum atomic E-state index is 13.3. The molecule has 1 unspecified atom stereocenters. The van der Waals surface area contributed by atoms with Crippen molar-refractivity contribution >= 4 is 5.91 Å². The summed E-state index contributed by atoms with van der Waals surface area (Å²) in [6, 6.07) is 11.6. The van der Waals surface area contributed by atoms with Crippen LogP contribution in [0.25, 0.3) is 5.69 Å². The molecule has 0 saturated heterocycles. The summed E-state index contributed by atoms with van der Waals surface area (Å²) in [4.78, 5) is 12.9. The number of alkyl halides is 2. The normalized spacial score (nSPS) is 12.3. The Morgan fingerprint density at radius 1 is 1.10 bits per heavy atom. The molecule has 0 aliphatic heterocycles. The van der Waals surface area contributed by atoms with Gasteiger partial charge < -0.3 is 10.1 Å². The van der Waals surface area contributed by atoms with E-state index < -0.39 is 12.7 Å². The van der Waals surface area contributed by atoms with E-state index in [-0.39, 0.29) is 23.4 Å². The summed E-state index contributed by atoms with van der Waals surface area (Å²) in [7, 11) is 0. The zero-order valence-corrected chi connectivity index (χ0v) is 16.8. The Bertz CT molecular complexity index is 1020. The quantitative estimate of drug-likeness (QED) is 0.573. The van der Waals surface area contributed by atoms with Gasteiger partial charge in [0.2, 0.25) is 0 Å². The van der Waals surface area contributed by atoms with E-state index in [9.17, 15) is 18.0 Å². The Morgan fingerprint density at radius 3 is 2.43 bits per heavy atom. The van der Waals surface area contributed by atoms with Crippen LogP contribution in [0.2, 0.25) is 0 Å². The molecule has 0 spiro atoms. The number of benzene rings is 2. The van der Waals surface area contributed by atoms with Gasteiger partial charge in [-0.2, -0.15) is 13.9 Å². The number of hydrogen-bond donors (Lipinski definition) is 1. The van der Waals surface area contributed by atoms with Crippen LogP contribution in [0.5, 0.6) is 5.75 Å². The third-order valence-corrected chi connectivity index (χ3v) is 4.60. The van der Waals surface area contributed by atoms with E-state index in [1.165, 1.54) is 30.5 Å². The minimum Gasteiger partial charge on any atom is -0.435 e. The predicted octanol–water partition coefficient (Wildman–Crippen LogP) is 5.23. The van der Waals surface area contributed by atoms with E-state index in [0.717, 1.165) is 0 Å². The van der Waals surface area contributed by atoms with Gasteiger partial charge in [-0.3, -0.25) is 4.79 Å². The molecule has 5 nitrogen and oxygen atoms in total. The van der Waals surface area contributed by atoms with Gasteiger partial charge in [-0.25, -0.2) is 9.07 Å². The molecule has 1 N–H and O–H groups in total. The van der Waals surface area contributed by atoms with E-state index in [1.807, 2.05) is 13.8 Å². The average Bonchev–Trinajstić information content (AvgIpc) is 3.14. The number of rotatable bonds is 7. The van der Waals surface area contributed by atoms with Crippen LogP contribution in [-0.4, -0.2) is 22.3 Å². The van der Waals surface area contributed by atoms with Crippen molar-refractivity contribution < 1.29 is 22.7 Å². The van der Waals surface area contributed by atoms with Gasteiger partial charge in [-0.1, -0.05) is 26.0 Å². The number of carbonyl (C=O) groups is 1. The first-order valence-electron chi connectivity index (χ1n) is 9.45. The molecular weight excluding hydrogens is 395 g/mol. The predicted molar refractivity (Wildman–Crippen MR) is 107 cm³/mol. The summed E-state index contributed by atoms with van der Waals surface area (Å²) in [6.45, 7) is 2.69. The van der Waals surface area contributed by atoms with Gasteiger partial charge in [0.1, 0.15) is 11.6 Å². The molecule has 1 amide bonds. The van der Waals surface area contributed by atoms with E-state index in [4.69, 9.17) is 0 Å². The Kier molecular flexibility index (Phi) is 6.44. The Balaban J connectivity index is 1.84. The van der Waals surface area contributed by atoms with Crippen LogP contribution in [0, 0.1) is 5.82 Å². The zero-order chi connectivity index (χ0) is 21.8. The topological polar surface area (TPSA) is 56.1 Å². The fourth-order valence-electron chi connectivity index (χ4n) is 3.19. The van der Waals surface area contributed by atoms with Gasteiger partial charge in [-0.15, -0.1) is 0 Å². The van der Waals surface area contributed by atoms with Crippen molar-refractivity contribution in [1.82, 2.24) is 15.1 Å². The molecule has 3 aromatic rings.